The molecule has 0 bridgehead atoms. The maximum absolute atomic E-state index is 13.3. The van der Waals surface area contributed by atoms with Gasteiger partial charge in [0.1, 0.15) is 11.5 Å². The lowest BCUT2D eigenvalue weighted by Gasteiger charge is -2.11. The van der Waals surface area contributed by atoms with Gasteiger partial charge in [-0.2, -0.15) is 0 Å². The van der Waals surface area contributed by atoms with Crippen LogP contribution in [0.25, 0.3) is 0 Å². The van der Waals surface area contributed by atoms with Gasteiger partial charge in [-0.15, -0.1) is 0 Å². The van der Waals surface area contributed by atoms with E-state index in [4.69, 9.17) is 9.47 Å². The van der Waals surface area contributed by atoms with Gasteiger partial charge in [-0.25, -0.2) is 8.42 Å². The standard InChI is InChI=1S/C28H24N2O8S/c1-3-19-5-9-21(10-6-19)37-27-15-13-23(17-25(27)29(31)32)39(35,36)24-14-16-28(26(18-24)30(33)34)38-22-11-7-20(4-2)8-12-22/h5-18H,3-4H2,1-2H3. The van der Waals surface area contributed by atoms with Crippen LogP contribution in [-0.2, 0) is 22.7 Å². The molecule has 0 N–H and O–H groups in total. The van der Waals surface area contributed by atoms with Gasteiger partial charge in [-0.05, 0) is 72.5 Å². The van der Waals surface area contributed by atoms with Crippen molar-refractivity contribution in [3.05, 3.63) is 116 Å². The predicted octanol–water partition coefficient (Wildman–Crippen LogP) is 7.05. The molecule has 4 aromatic carbocycles. The summed E-state index contributed by atoms with van der Waals surface area (Å²) in [6, 6.07) is 20.3. The first kappa shape index (κ1) is 27.3. The molecule has 0 spiro atoms. The van der Waals surface area contributed by atoms with Gasteiger partial charge in [-0.1, -0.05) is 38.1 Å². The monoisotopic (exact) mass is 548 g/mol. The SMILES string of the molecule is CCc1ccc(Oc2ccc(S(=O)(=O)c3ccc(Oc4ccc(CC)cc4)c([N+](=O)[O-])c3)cc2[N+](=O)[O-])cc1. The molecule has 0 saturated carbocycles. The molecule has 11 heteroatoms. The average Bonchev–Trinajstić information content (AvgIpc) is 2.94. The van der Waals surface area contributed by atoms with Gasteiger partial charge < -0.3 is 9.47 Å². The quantitative estimate of drug-likeness (QED) is 0.152. The summed E-state index contributed by atoms with van der Waals surface area (Å²) in [5, 5.41) is 23.5. The highest BCUT2D eigenvalue weighted by Crippen LogP contribution is 2.38. The van der Waals surface area contributed by atoms with Crippen LogP contribution in [0.5, 0.6) is 23.0 Å². The van der Waals surface area contributed by atoms with Gasteiger partial charge in [0, 0.05) is 12.1 Å². The van der Waals surface area contributed by atoms with Crippen LogP contribution in [-0.4, -0.2) is 18.3 Å². The lowest BCUT2D eigenvalue weighted by Crippen LogP contribution is -2.05. The molecule has 0 radical (unpaired) electrons. The third-order valence-electron chi connectivity index (χ3n) is 5.99. The minimum absolute atomic E-state index is 0.146. The highest BCUT2D eigenvalue weighted by Gasteiger charge is 2.27. The maximum Gasteiger partial charge on any atom is 0.312 e. The van der Waals surface area contributed by atoms with Crippen LogP contribution in [0.15, 0.2) is 94.7 Å². The second-order valence-electron chi connectivity index (χ2n) is 8.48. The molecule has 0 heterocycles. The van der Waals surface area contributed by atoms with Crippen molar-refractivity contribution in [3.63, 3.8) is 0 Å². The van der Waals surface area contributed by atoms with Gasteiger partial charge >= 0.3 is 11.4 Å². The van der Waals surface area contributed by atoms with E-state index in [-0.39, 0.29) is 11.5 Å². The van der Waals surface area contributed by atoms with Crippen LogP contribution in [0.1, 0.15) is 25.0 Å². The minimum Gasteiger partial charge on any atom is -0.450 e. The number of nitro benzene ring substituents is 2. The van der Waals surface area contributed by atoms with E-state index in [1.54, 1.807) is 24.3 Å². The number of nitrogens with zero attached hydrogens (tertiary/aromatic N) is 2. The highest BCUT2D eigenvalue weighted by atomic mass is 32.2. The van der Waals surface area contributed by atoms with E-state index < -0.39 is 40.8 Å². The topological polar surface area (TPSA) is 139 Å². The summed E-state index contributed by atoms with van der Waals surface area (Å²) >= 11 is 0. The number of aryl methyl sites for hydroxylation is 2. The number of nitro groups is 2. The smallest absolute Gasteiger partial charge is 0.312 e. The van der Waals surface area contributed by atoms with Crippen molar-refractivity contribution in [2.75, 3.05) is 0 Å². The van der Waals surface area contributed by atoms with E-state index >= 15 is 0 Å². The summed E-state index contributed by atoms with van der Waals surface area (Å²) in [4.78, 5) is 21.2. The lowest BCUT2D eigenvalue weighted by atomic mass is 10.2. The first-order valence-electron chi connectivity index (χ1n) is 12.0. The summed E-state index contributed by atoms with van der Waals surface area (Å²) < 4.78 is 38.0. The maximum atomic E-state index is 13.3. The Kier molecular flexibility index (Phi) is 7.91. The van der Waals surface area contributed by atoms with Crippen LogP contribution in [0.3, 0.4) is 0 Å². The minimum atomic E-state index is -4.37. The van der Waals surface area contributed by atoms with Crippen LogP contribution in [0, 0.1) is 20.2 Å². The molecule has 0 aliphatic rings. The van der Waals surface area contributed by atoms with Crippen molar-refractivity contribution in [1.29, 1.82) is 0 Å². The molecule has 200 valence electrons. The molecular weight excluding hydrogens is 524 g/mol. The number of benzene rings is 4. The zero-order valence-electron chi connectivity index (χ0n) is 21.1. The molecule has 0 aromatic heterocycles. The third-order valence-corrected chi connectivity index (χ3v) is 7.74. The second kappa shape index (κ2) is 11.3. The number of rotatable bonds is 10. The first-order chi connectivity index (χ1) is 18.6. The van der Waals surface area contributed by atoms with E-state index in [1.165, 1.54) is 12.1 Å². The van der Waals surface area contributed by atoms with Crippen molar-refractivity contribution < 1.29 is 27.7 Å². The van der Waals surface area contributed by atoms with Crippen LogP contribution in [0.2, 0.25) is 0 Å². The largest absolute Gasteiger partial charge is 0.450 e. The number of sulfone groups is 1. The molecule has 4 rings (SSSR count). The van der Waals surface area contributed by atoms with Gasteiger partial charge in [0.25, 0.3) is 0 Å². The molecule has 0 fully saturated rings. The van der Waals surface area contributed by atoms with Crippen molar-refractivity contribution in [2.24, 2.45) is 0 Å². The Labute approximate surface area is 224 Å². The molecule has 10 nitrogen and oxygen atoms in total. The van der Waals surface area contributed by atoms with E-state index in [0.29, 0.717) is 11.5 Å². The summed E-state index contributed by atoms with van der Waals surface area (Å²) in [7, 11) is -4.37. The second-order valence-corrected chi connectivity index (χ2v) is 10.4. The van der Waals surface area contributed by atoms with Crippen molar-refractivity contribution in [2.45, 2.75) is 36.5 Å². The zero-order chi connectivity index (χ0) is 28.2. The Morgan fingerprint density at radius 2 is 0.974 bits per heavy atom. The Hall–Kier alpha value is -4.77. The Morgan fingerprint density at radius 3 is 1.28 bits per heavy atom. The molecule has 39 heavy (non-hydrogen) atoms. The van der Waals surface area contributed by atoms with Gasteiger partial charge in [0.15, 0.2) is 0 Å². The van der Waals surface area contributed by atoms with Crippen molar-refractivity contribution >= 4 is 21.2 Å². The molecule has 0 atom stereocenters. The van der Waals surface area contributed by atoms with Gasteiger partial charge in [-0.3, -0.25) is 20.2 Å². The van der Waals surface area contributed by atoms with E-state index in [9.17, 15) is 28.6 Å². The normalized spacial score (nSPS) is 11.1. The molecule has 4 aromatic rings. The Bertz CT molecular complexity index is 1520. The Balaban J connectivity index is 1.67. The number of hydrogen-bond acceptors (Lipinski definition) is 8. The fourth-order valence-electron chi connectivity index (χ4n) is 3.76. The van der Waals surface area contributed by atoms with Crippen molar-refractivity contribution in [3.8, 4) is 23.0 Å². The van der Waals surface area contributed by atoms with E-state index in [1.807, 2.05) is 38.1 Å². The molecule has 0 unspecified atom stereocenters. The molecule has 0 aliphatic carbocycles. The first-order valence-corrected chi connectivity index (χ1v) is 13.5. The van der Waals surface area contributed by atoms with Crippen LogP contribution in [0.4, 0.5) is 11.4 Å². The van der Waals surface area contributed by atoms with Crippen molar-refractivity contribution in [1.82, 2.24) is 0 Å². The third kappa shape index (κ3) is 6.04. The summed E-state index contributed by atoms with van der Waals surface area (Å²) in [5.41, 5.74) is 0.970. The fourth-order valence-corrected chi connectivity index (χ4v) is 5.06. The molecule has 0 aliphatic heterocycles. The summed E-state index contributed by atoms with van der Waals surface area (Å²) in [6.45, 7) is 3.97. The summed E-state index contributed by atoms with van der Waals surface area (Å²) in [6.07, 6.45) is 1.62. The van der Waals surface area contributed by atoms with E-state index in [2.05, 4.69) is 0 Å². The Morgan fingerprint density at radius 1 is 0.615 bits per heavy atom. The number of hydrogen-bond donors (Lipinski definition) is 0. The zero-order valence-corrected chi connectivity index (χ0v) is 21.9. The van der Waals surface area contributed by atoms with Gasteiger partial charge in [0.05, 0.1) is 19.6 Å². The lowest BCUT2D eigenvalue weighted by molar-refractivity contribution is -0.385. The fraction of sp³-hybridized carbons (Fsp3) is 0.143. The predicted molar refractivity (Wildman–Crippen MR) is 143 cm³/mol. The van der Waals surface area contributed by atoms with Crippen LogP contribution < -0.4 is 9.47 Å². The highest BCUT2D eigenvalue weighted by molar-refractivity contribution is 7.91. The molecule has 0 amide bonds. The average molecular weight is 549 g/mol. The molecular formula is C28H24N2O8S. The number of ether oxygens (including phenoxy) is 2. The van der Waals surface area contributed by atoms with Crippen LogP contribution >= 0.6 is 0 Å². The summed E-state index contributed by atoms with van der Waals surface area (Å²) in [5.74, 6) is 0.405. The van der Waals surface area contributed by atoms with Gasteiger partial charge in [0.2, 0.25) is 21.3 Å². The molecule has 0 saturated heterocycles. The van der Waals surface area contributed by atoms with E-state index in [0.717, 1.165) is 48.2 Å².